The zero-order valence-corrected chi connectivity index (χ0v) is 14.3. The molecule has 0 spiro atoms. The van der Waals surface area contributed by atoms with Crippen molar-refractivity contribution in [2.75, 3.05) is 13.1 Å². The molecule has 1 unspecified atom stereocenters. The normalized spacial score (nSPS) is 17.1. The van der Waals surface area contributed by atoms with Crippen LogP contribution in [0, 0.1) is 0 Å². The predicted molar refractivity (Wildman–Crippen MR) is 87.2 cm³/mol. The third-order valence-corrected chi connectivity index (χ3v) is 4.30. The summed E-state index contributed by atoms with van der Waals surface area (Å²) in [5, 5.41) is 4.67. The molecule has 1 fully saturated rings. The van der Waals surface area contributed by atoms with E-state index in [2.05, 4.69) is 5.32 Å². The number of nitrogens with zero attached hydrogens (tertiary/aromatic N) is 1. The molecule has 0 aliphatic carbocycles. The van der Waals surface area contributed by atoms with Crippen LogP contribution in [-0.4, -0.2) is 42.1 Å². The number of rotatable bonds is 3. The van der Waals surface area contributed by atoms with E-state index in [1.54, 1.807) is 4.90 Å². The molecule has 1 aromatic carbocycles. The highest BCUT2D eigenvalue weighted by Crippen LogP contribution is 2.33. The van der Waals surface area contributed by atoms with Crippen molar-refractivity contribution >= 4 is 23.5 Å². The summed E-state index contributed by atoms with van der Waals surface area (Å²) in [4.78, 5) is 24.9. The summed E-state index contributed by atoms with van der Waals surface area (Å²) in [6.45, 7) is 2.40. The van der Waals surface area contributed by atoms with Gasteiger partial charge >= 0.3 is 12.2 Å². The van der Waals surface area contributed by atoms with Gasteiger partial charge in [0, 0.05) is 31.1 Å². The third kappa shape index (κ3) is 5.52. The summed E-state index contributed by atoms with van der Waals surface area (Å²) in [6, 6.07) is 1.96. The third-order valence-electron chi connectivity index (χ3n) is 4.06. The van der Waals surface area contributed by atoms with Crippen molar-refractivity contribution in [3.8, 4) is 0 Å². The van der Waals surface area contributed by atoms with Gasteiger partial charge in [0.25, 0.3) is 0 Å². The van der Waals surface area contributed by atoms with Crippen molar-refractivity contribution in [3.05, 3.63) is 34.9 Å². The van der Waals surface area contributed by atoms with Crippen LogP contribution in [0.2, 0.25) is 5.02 Å². The van der Waals surface area contributed by atoms with E-state index in [9.17, 15) is 22.8 Å². The SMILES string of the molecule is CC(=O)N1CCC(NC(=O)NC(c2cccc(Cl)c2)C(F)(F)F)CC1. The first-order valence-electron chi connectivity index (χ1n) is 7.81. The van der Waals surface area contributed by atoms with Crippen molar-refractivity contribution in [1.29, 1.82) is 0 Å². The minimum Gasteiger partial charge on any atom is -0.343 e. The molecule has 1 aliphatic heterocycles. The van der Waals surface area contributed by atoms with Gasteiger partial charge in [-0.15, -0.1) is 0 Å². The van der Waals surface area contributed by atoms with E-state index in [0.717, 1.165) is 0 Å². The Hall–Kier alpha value is -1.96. The van der Waals surface area contributed by atoms with E-state index in [4.69, 9.17) is 11.6 Å². The molecule has 1 atom stereocenters. The van der Waals surface area contributed by atoms with E-state index < -0.39 is 18.2 Å². The molecule has 1 aromatic rings. The number of hydrogen-bond acceptors (Lipinski definition) is 2. The molecule has 0 aromatic heterocycles. The minimum atomic E-state index is -4.65. The van der Waals surface area contributed by atoms with Crippen molar-refractivity contribution in [1.82, 2.24) is 15.5 Å². The number of halogens is 4. The summed E-state index contributed by atoms with van der Waals surface area (Å²) in [5.74, 6) is -0.0546. The molecule has 1 heterocycles. The van der Waals surface area contributed by atoms with Crippen LogP contribution in [0.3, 0.4) is 0 Å². The Morgan fingerprint density at radius 1 is 1.28 bits per heavy atom. The zero-order chi connectivity index (χ0) is 18.6. The van der Waals surface area contributed by atoms with E-state index >= 15 is 0 Å². The number of carbonyl (C=O) groups is 2. The summed E-state index contributed by atoms with van der Waals surface area (Å²) < 4.78 is 39.9. The monoisotopic (exact) mass is 377 g/mol. The van der Waals surface area contributed by atoms with Crippen LogP contribution in [-0.2, 0) is 4.79 Å². The van der Waals surface area contributed by atoms with Crippen LogP contribution < -0.4 is 10.6 Å². The Morgan fingerprint density at radius 2 is 1.92 bits per heavy atom. The van der Waals surface area contributed by atoms with Crippen molar-refractivity contribution in [2.45, 2.75) is 38.0 Å². The van der Waals surface area contributed by atoms with E-state index in [-0.39, 0.29) is 22.5 Å². The number of benzene rings is 1. The first kappa shape index (κ1) is 19.4. The molecule has 0 saturated carbocycles. The van der Waals surface area contributed by atoms with E-state index in [0.29, 0.717) is 25.9 Å². The maximum absolute atomic E-state index is 13.3. The average molecular weight is 378 g/mol. The molecule has 0 radical (unpaired) electrons. The predicted octanol–water partition coefficient (Wildman–Crippen LogP) is 3.25. The fraction of sp³-hybridized carbons (Fsp3) is 0.500. The number of alkyl halides is 3. The van der Waals surface area contributed by atoms with E-state index in [1.807, 2.05) is 5.32 Å². The van der Waals surface area contributed by atoms with Gasteiger partial charge in [-0.25, -0.2) is 4.79 Å². The Kier molecular flexibility index (Phi) is 6.16. The van der Waals surface area contributed by atoms with Crippen LogP contribution in [0.15, 0.2) is 24.3 Å². The lowest BCUT2D eigenvalue weighted by molar-refractivity contribution is -0.155. The van der Waals surface area contributed by atoms with Gasteiger partial charge in [-0.3, -0.25) is 4.79 Å². The van der Waals surface area contributed by atoms with Gasteiger partial charge in [-0.2, -0.15) is 13.2 Å². The van der Waals surface area contributed by atoms with Crippen LogP contribution >= 0.6 is 11.6 Å². The molecule has 5 nitrogen and oxygen atoms in total. The van der Waals surface area contributed by atoms with E-state index in [1.165, 1.54) is 31.2 Å². The Labute approximate surface area is 148 Å². The van der Waals surface area contributed by atoms with Crippen LogP contribution in [0.4, 0.5) is 18.0 Å². The number of urea groups is 1. The van der Waals surface area contributed by atoms with Crippen molar-refractivity contribution < 1.29 is 22.8 Å². The highest BCUT2D eigenvalue weighted by atomic mass is 35.5. The summed E-state index contributed by atoms with van der Waals surface area (Å²) in [5.41, 5.74) is -0.137. The summed E-state index contributed by atoms with van der Waals surface area (Å²) in [7, 11) is 0. The van der Waals surface area contributed by atoms with Gasteiger partial charge in [-0.05, 0) is 30.5 Å². The fourth-order valence-corrected chi connectivity index (χ4v) is 2.94. The number of amides is 3. The second-order valence-electron chi connectivity index (χ2n) is 5.93. The topological polar surface area (TPSA) is 61.4 Å². The first-order chi connectivity index (χ1) is 11.7. The van der Waals surface area contributed by atoms with Gasteiger partial charge in [0.15, 0.2) is 6.04 Å². The summed E-state index contributed by atoms with van der Waals surface area (Å²) in [6.07, 6.45) is -3.65. The van der Waals surface area contributed by atoms with Gasteiger partial charge in [0.2, 0.25) is 5.91 Å². The largest absolute Gasteiger partial charge is 0.412 e. The molecule has 0 bridgehead atoms. The summed E-state index contributed by atoms with van der Waals surface area (Å²) >= 11 is 5.74. The molecule has 9 heteroatoms. The quantitative estimate of drug-likeness (QED) is 0.849. The van der Waals surface area contributed by atoms with Crippen LogP contribution in [0.1, 0.15) is 31.4 Å². The first-order valence-corrected chi connectivity index (χ1v) is 8.19. The minimum absolute atomic E-state index is 0.0546. The van der Waals surface area contributed by atoms with Gasteiger partial charge in [0.05, 0.1) is 0 Å². The number of nitrogens with one attached hydrogen (secondary N) is 2. The Morgan fingerprint density at radius 3 is 2.44 bits per heavy atom. The zero-order valence-electron chi connectivity index (χ0n) is 13.6. The molecular weight excluding hydrogens is 359 g/mol. The maximum atomic E-state index is 13.3. The number of carbonyl (C=O) groups excluding carboxylic acids is 2. The molecule has 138 valence electrons. The lowest BCUT2D eigenvalue weighted by atomic mass is 10.0. The molecule has 3 amide bonds. The van der Waals surface area contributed by atoms with Gasteiger partial charge in [-0.1, -0.05) is 23.7 Å². The highest BCUT2D eigenvalue weighted by Gasteiger charge is 2.42. The maximum Gasteiger partial charge on any atom is 0.412 e. The Bertz CT molecular complexity index is 631. The van der Waals surface area contributed by atoms with Crippen LogP contribution in [0.5, 0.6) is 0 Å². The molecule has 2 rings (SSSR count). The Balaban J connectivity index is 1.98. The highest BCUT2D eigenvalue weighted by molar-refractivity contribution is 6.30. The number of piperidine rings is 1. The lowest BCUT2D eigenvalue weighted by Crippen LogP contribution is -2.50. The number of likely N-dealkylation sites (tertiary alicyclic amines) is 1. The fourth-order valence-electron chi connectivity index (χ4n) is 2.74. The lowest BCUT2D eigenvalue weighted by Gasteiger charge is -2.32. The van der Waals surface area contributed by atoms with Crippen LogP contribution in [0.25, 0.3) is 0 Å². The van der Waals surface area contributed by atoms with Crippen molar-refractivity contribution in [2.24, 2.45) is 0 Å². The second-order valence-corrected chi connectivity index (χ2v) is 6.36. The smallest absolute Gasteiger partial charge is 0.343 e. The molecule has 1 aliphatic rings. The average Bonchev–Trinajstić information content (AvgIpc) is 2.52. The van der Waals surface area contributed by atoms with Crippen molar-refractivity contribution in [3.63, 3.8) is 0 Å². The van der Waals surface area contributed by atoms with Gasteiger partial charge < -0.3 is 15.5 Å². The standard InChI is InChI=1S/C16H19ClF3N3O2/c1-10(24)23-7-5-13(6-8-23)21-15(25)22-14(16(18,19)20)11-3-2-4-12(17)9-11/h2-4,9,13-14H,5-8H2,1H3,(H2,21,22,25). The molecule has 2 N–H and O–H groups in total. The molecule has 25 heavy (non-hydrogen) atoms. The second kappa shape index (κ2) is 7.95. The molecular formula is C16H19ClF3N3O2. The van der Waals surface area contributed by atoms with Gasteiger partial charge in [0.1, 0.15) is 0 Å². The molecule has 1 saturated heterocycles. The number of hydrogen-bond donors (Lipinski definition) is 2.